The third-order valence-electron chi connectivity index (χ3n) is 2.68. The smallest absolute Gasteiger partial charge is 0.0768 e. The lowest BCUT2D eigenvalue weighted by Gasteiger charge is -2.17. The van der Waals surface area contributed by atoms with Crippen molar-refractivity contribution in [3.63, 3.8) is 0 Å². The van der Waals surface area contributed by atoms with E-state index in [1.54, 1.807) is 11.3 Å². The highest BCUT2D eigenvalue weighted by atomic mass is 32.1. The number of aliphatic hydroxyl groups is 1. The first-order valence-corrected chi connectivity index (χ1v) is 5.55. The van der Waals surface area contributed by atoms with Gasteiger partial charge < -0.3 is 10.8 Å². The summed E-state index contributed by atoms with van der Waals surface area (Å²) >= 11 is 1.65. The molecule has 3 heteroatoms. The summed E-state index contributed by atoms with van der Waals surface area (Å²) in [6, 6.07) is 1.88. The van der Waals surface area contributed by atoms with Gasteiger partial charge in [-0.15, -0.1) is 11.3 Å². The van der Waals surface area contributed by atoms with E-state index in [2.05, 4.69) is 6.07 Å². The van der Waals surface area contributed by atoms with E-state index in [1.807, 2.05) is 12.3 Å². The summed E-state index contributed by atoms with van der Waals surface area (Å²) in [5.74, 6) is 0.455. The Bertz CT molecular complexity index is 293. The van der Waals surface area contributed by atoms with Gasteiger partial charge in [-0.2, -0.15) is 0 Å². The highest BCUT2D eigenvalue weighted by Crippen LogP contribution is 2.38. The van der Waals surface area contributed by atoms with Crippen molar-refractivity contribution in [3.05, 3.63) is 21.9 Å². The number of aryl methyl sites for hydroxylation is 1. The molecule has 1 fully saturated rings. The molecule has 1 heterocycles. The van der Waals surface area contributed by atoms with E-state index in [1.165, 1.54) is 5.56 Å². The van der Waals surface area contributed by atoms with Gasteiger partial charge in [0.15, 0.2) is 0 Å². The van der Waals surface area contributed by atoms with Crippen molar-refractivity contribution < 1.29 is 5.11 Å². The minimum Gasteiger partial charge on any atom is -0.391 e. The molecule has 2 nitrogen and oxygen atoms in total. The fraction of sp³-hybridized carbons (Fsp3) is 0.600. The van der Waals surface area contributed by atoms with Gasteiger partial charge in [0.2, 0.25) is 0 Å². The molecule has 2 atom stereocenters. The van der Waals surface area contributed by atoms with Crippen molar-refractivity contribution >= 4 is 11.3 Å². The maximum atomic E-state index is 9.84. The SMILES string of the molecule is Cc1ccsc1[C@H](N)[C@H](O)C1CC1. The first-order chi connectivity index (χ1) is 6.20. The van der Waals surface area contributed by atoms with Crippen LogP contribution in [0.1, 0.15) is 29.3 Å². The third kappa shape index (κ3) is 1.77. The predicted octanol–water partition coefficient (Wildman–Crippen LogP) is 1.83. The summed E-state index contributed by atoms with van der Waals surface area (Å²) in [7, 11) is 0. The van der Waals surface area contributed by atoms with Crippen LogP contribution in [0.3, 0.4) is 0 Å². The summed E-state index contributed by atoms with van der Waals surface area (Å²) in [4.78, 5) is 1.14. The maximum absolute atomic E-state index is 9.84. The van der Waals surface area contributed by atoms with Crippen molar-refractivity contribution in [2.45, 2.75) is 31.9 Å². The topological polar surface area (TPSA) is 46.2 Å². The number of rotatable bonds is 3. The van der Waals surface area contributed by atoms with Gasteiger partial charge in [-0.1, -0.05) is 0 Å². The van der Waals surface area contributed by atoms with Crippen LogP contribution < -0.4 is 5.73 Å². The summed E-state index contributed by atoms with van der Waals surface area (Å²) in [6.07, 6.45) is 1.94. The fourth-order valence-electron chi connectivity index (χ4n) is 1.61. The molecule has 1 aliphatic rings. The van der Waals surface area contributed by atoms with Gasteiger partial charge in [-0.25, -0.2) is 0 Å². The van der Waals surface area contributed by atoms with Gasteiger partial charge in [0.25, 0.3) is 0 Å². The minimum atomic E-state index is -0.336. The molecule has 13 heavy (non-hydrogen) atoms. The van der Waals surface area contributed by atoms with Gasteiger partial charge in [0.05, 0.1) is 12.1 Å². The van der Waals surface area contributed by atoms with E-state index in [0.29, 0.717) is 5.92 Å². The van der Waals surface area contributed by atoms with Crippen LogP contribution in [-0.4, -0.2) is 11.2 Å². The molecule has 1 aromatic rings. The molecule has 3 N–H and O–H groups in total. The van der Waals surface area contributed by atoms with Crippen molar-refractivity contribution in [1.82, 2.24) is 0 Å². The highest BCUT2D eigenvalue weighted by molar-refractivity contribution is 7.10. The van der Waals surface area contributed by atoms with Crippen molar-refractivity contribution in [2.24, 2.45) is 11.7 Å². The van der Waals surface area contributed by atoms with E-state index in [9.17, 15) is 5.11 Å². The number of hydrogen-bond donors (Lipinski definition) is 2. The Morgan fingerprint density at radius 3 is 2.77 bits per heavy atom. The first-order valence-electron chi connectivity index (χ1n) is 4.68. The van der Waals surface area contributed by atoms with Crippen LogP contribution in [-0.2, 0) is 0 Å². The molecule has 0 bridgehead atoms. The zero-order chi connectivity index (χ0) is 9.42. The Hall–Kier alpha value is -0.380. The Morgan fingerprint density at radius 2 is 2.31 bits per heavy atom. The van der Waals surface area contributed by atoms with Gasteiger partial charge in [0.1, 0.15) is 0 Å². The fourth-order valence-corrected chi connectivity index (χ4v) is 2.58. The standard InChI is InChI=1S/C10H15NOS/c1-6-4-5-13-10(6)8(11)9(12)7-2-3-7/h4-5,7-9,12H,2-3,11H2,1H3/t8-,9-/m1/s1. The second kappa shape index (κ2) is 3.40. The minimum absolute atomic E-state index is 0.174. The van der Waals surface area contributed by atoms with Gasteiger partial charge in [0, 0.05) is 4.88 Å². The monoisotopic (exact) mass is 197 g/mol. The van der Waals surface area contributed by atoms with Crippen LogP contribution in [0.4, 0.5) is 0 Å². The zero-order valence-corrected chi connectivity index (χ0v) is 8.55. The van der Waals surface area contributed by atoms with Crippen molar-refractivity contribution in [2.75, 3.05) is 0 Å². The molecule has 0 amide bonds. The van der Waals surface area contributed by atoms with Crippen LogP contribution in [0.15, 0.2) is 11.4 Å². The lowest BCUT2D eigenvalue weighted by Crippen LogP contribution is -2.27. The van der Waals surface area contributed by atoms with Crippen LogP contribution >= 0.6 is 11.3 Å². The lowest BCUT2D eigenvalue weighted by atomic mass is 10.0. The zero-order valence-electron chi connectivity index (χ0n) is 7.73. The molecular formula is C10H15NOS. The predicted molar refractivity (Wildman–Crippen MR) is 54.7 cm³/mol. The maximum Gasteiger partial charge on any atom is 0.0768 e. The lowest BCUT2D eigenvalue weighted by molar-refractivity contribution is 0.123. The van der Waals surface area contributed by atoms with Crippen LogP contribution in [0.5, 0.6) is 0 Å². The highest BCUT2D eigenvalue weighted by Gasteiger charge is 2.34. The van der Waals surface area contributed by atoms with E-state index in [0.717, 1.165) is 17.7 Å². The van der Waals surface area contributed by atoms with E-state index in [-0.39, 0.29) is 12.1 Å². The summed E-state index contributed by atoms with van der Waals surface area (Å²) in [5, 5.41) is 11.9. The molecule has 1 aromatic heterocycles. The molecule has 1 aliphatic carbocycles. The molecule has 0 aromatic carbocycles. The summed E-state index contributed by atoms with van der Waals surface area (Å²) in [5.41, 5.74) is 7.19. The van der Waals surface area contributed by atoms with Crippen LogP contribution in [0.25, 0.3) is 0 Å². The van der Waals surface area contributed by atoms with Crippen LogP contribution in [0.2, 0.25) is 0 Å². The second-order valence-electron chi connectivity index (χ2n) is 3.82. The Labute approximate surface area is 82.4 Å². The molecule has 1 saturated carbocycles. The summed E-state index contributed by atoms with van der Waals surface area (Å²) < 4.78 is 0. The molecule has 2 rings (SSSR count). The second-order valence-corrected chi connectivity index (χ2v) is 4.77. The van der Waals surface area contributed by atoms with E-state index in [4.69, 9.17) is 5.73 Å². The summed E-state index contributed by atoms with van der Waals surface area (Å²) in [6.45, 7) is 2.05. The average molecular weight is 197 g/mol. The molecule has 0 saturated heterocycles. The van der Waals surface area contributed by atoms with E-state index >= 15 is 0 Å². The Morgan fingerprint density at radius 1 is 1.62 bits per heavy atom. The van der Waals surface area contributed by atoms with Gasteiger partial charge in [-0.3, -0.25) is 0 Å². The van der Waals surface area contributed by atoms with E-state index < -0.39 is 0 Å². The average Bonchev–Trinajstić information content (AvgIpc) is 2.87. The van der Waals surface area contributed by atoms with Crippen molar-refractivity contribution in [1.29, 1.82) is 0 Å². The number of nitrogens with two attached hydrogens (primary N) is 1. The number of thiophene rings is 1. The molecule has 72 valence electrons. The largest absolute Gasteiger partial charge is 0.391 e. The van der Waals surface area contributed by atoms with Gasteiger partial charge in [-0.05, 0) is 42.7 Å². The van der Waals surface area contributed by atoms with Gasteiger partial charge >= 0.3 is 0 Å². The molecule has 0 unspecified atom stereocenters. The molecule has 0 radical (unpaired) electrons. The first kappa shape index (κ1) is 9.19. The van der Waals surface area contributed by atoms with Crippen molar-refractivity contribution in [3.8, 4) is 0 Å². The third-order valence-corrected chi connectivity index (χ3v) is 3.80. The quantitative estimate of drug-likeness (QED) is 0.776. The molecule has 0 spiro atoms. The molecule has 0 aliphatic heterocycles. The number of hydrogen-bond acceptors (Lipinski definition) is 3. The number of aliphatic hydroxyl groups excluding tert-OH is 1. The molecular weight excluding hydrogens is 182 g/mol. The van der Waals surface area contributed by atoms with Crippen LogP contribution in [0, 0.1) is 12.8 Å². The normalized spacial score (nSPS) is 21.5. The Balaban J connectivity index is 2.11. The Kier molecular flexibility index (Phi) is 2.41.